The van der Waals surface area contributed by atoms with E-state index in [-0.39, 0.29) is 23.3 Å². The molecule has 4 rings (SSSR count). The third-order valence-electron chi connectivity index (χ3n) is 4.64. The van der Waals surface area contributed by atoms with E-state index in [0.717, 1.165) is 25.0 Å². The molecule has 0 spiro atoms. The first kappa shape index (κ1) is 15.6. The van der Waals surface area contributed by atoms with E-state index in [9.17, 15) is 9.59 Å². The van der Waals surface area contributed by atoms with Gasteiger partial charge in [0.25, 0.3) is 11.5 Å². The van der Waals surface area contributed by atoms with E-state index in [0.29, 0.717) is 24.3 Å². The van der Waals surface area contributed by atoms with Gasteiger partial charge in [0.1, 0.15) is 0 Å². The Balaban J connectivity index is 1.70. The smallest absolute Gasteiger partial charge is 0.293 e. The molecule has 0 saturated carbocycles. The number of H-pyrrole nitrogens is 1. The van der Waals surface area contributed by atoms with Crippen LogP contribution in [-0.2, 0) is 6.42 Å². The number of carbonyl (C=O) groups is 1. The molecule has 25 heavy (non-hydrogen) atoms. The van der Waals surface area contributed by atoms with Crippen LogP contribution in [0.25, 0.3) is 5.65 Å². The zero-order chi connectivity index (χ0) is 17.4. The molecular weight excluding hydrogens is 322 g/mol. The van der Waals surface area contributed by atoms with Crippen LogP contribution < -0.4 is 5.56 Å². The number of amides is 1. The molecular formula is C17H19N5O3. The molecule has 1 aliphatic heterocycles. The first-order chi connectivity index (χ1) is 12.2. The Kier molecular flexibility index (Phi) is 3.87. The maximum atomic E-state index is 12.9. The van der Waals surface area contributed by atoms with Crippen LogP contribution in [0.2, 0.25) is 0 Å². The number of aromatic nitrogens is 4. The SMILES string of the molecule is CCc1cc(C(=O)N2CCCC[C@H]2c2cc(=O)n3[nH]ccc3n2)on1. The van der Waals surface area contributed by atoms with Gasteiger partial charge in [-0.2, -0.15) is 0 Å². The molecule has 1 amide bonds. The Morgan fingerprint density at radius 1 is 1.40 bits per heavy atom. The van der Waals surface area contributed by atoms with Crippen LogP contribution >= 0.6 is 0 Å². The topological polar surface area (TPSA) is 96.5 Å². The van der Waals surface area contributed by atoms with Crippen LogP contribution in [0.5, 0.6) is 0 Å². The highest BCUT2D eigenvalue weighted by Crippen LogP contribution is 2.31. The summed E-state index contributed by atoms with van der Waals surface area (Å²) in [6.45, 7) is 2.57. The van der Waals surface area contributed by atoms with Gasteiger partial charge in [-0.15, -0.1) is 0 Å². The molecule has 4 heterocycles. The van der Waals surface area contributed by atoms with Crippen LogP contribution in [0.3, 0.4) is 0 Å². The van der Waals surface area contributed by atoms with Crippen molar-refractivity contribution in [1.82, 2.24) is 24.7 Å². The van der Waals surface area contributed by atoms with E-state index in [2.05, 4.69) is 15.2 Å². The van der Waals surface area contributed by atoms with E-state index >= 15 is 0 Å². The maximum absolute atomic E-state index is 12.9. The van der Waals surface area contributed by atoms with Crippen molar-refractivity contribution in [2.24, 2.45) is 0 Å². The minimum atomic E-state index is -0.232. The van der Waals surface area contributed by atoms with Gasteiger partial charge in [-0.25, -0.2) is 9.50 Å². The highest BCUT2D eigenvalue weighted by Gasteiger charge is 2.32. The van der Waals surface area contributed by atoms with Crippen molar-refractivity contribution in [2.45, 2.75) is 38.6 Å². The lowest BCUT2D eigenvalue weighted by atomic mass is 9.98. The first-order valence-electron chi connectivity index (χ1n) is 8.51. The summed E-state index contributed by atoms with van der Waals surface area (Å²) < 4.78 is 6.58. The summed E-state index contributed by atoms with van der Waals surface area (Å²) in [4.78, 5) is 31.4. The number of carbonyl (C=O) groups excluding carboxylic acids is 1. The van der Waals surface area contributed by atoms with Gasteiger partial charge in [0.05, 0.1) is 17.4 Å². The van der Waals surface area contributed by atoms with Crippen molar-refractivity contribution < 1.29 is 9.32 Å². The largest absolute Gasteiger partial charge is 0.351 e. The molecule has 3 aromatic heterocycles. The van der Waals surface area contributed by atoms with Gasteiger partial charge in [-0.3, -0.25) is 14.7 Å². The summed E-state index contributed by atoms with van der Waals surface area (Å²) in [5.41, 5.74) is 1.74. The fourth-order valence-corrected chi connectivity index (χ4v) is 3.32. The number of hydrogen-bond donors (Lipinski definition) is 1. The minimum absolute atomic E-state index is 0.184. The van der Waals surface area contributed by atoms with Gasteiger partial charge in [0, 0.05) is 30.9 Å². The van der Waals surface area contributed by atoms with E-state index in [1.807, 2.05) is 6.92 Å². The summed E-state index contributed by atoms with van der Waals surface area (Å²) in [5, 5.41) is 6.73. The second kappa shape index (κ2) is 6.19. The minimum Gasteiger partial charge on any atom is -0.351 e. The Morgan fingerprint density at radius 3 is 3.08 bits per heavy atom. The molecule has 0 unspecified atom stereocenters. The molecule has 0 aromatic carbocycles. The molecule has 8 heteroatoms. The third kappa shape index (κ3) is 2.73. The third-order valence-corrected chi connectivity index (χ3v) is 4.64. The molecule has 1 N–H and O–H groups in total. The van der Waals surface area contributed by atoms with Crippen molar-refractivity contribution in [3.63, 3.8) is 0 Å². The monoisotopic (exact) mass is 341 g/mol. The standard InChI is InChI=1S/C17H19N5O3/c1-2-11-9-14(25-20-11)17(24)21-8-4-3-5-13(21)12-10-16(23)22-15(19-12)6-7-18-22/h6-7,9-10,13,18H,2-5,8H2,1H3/t13-/m0/s1. The van der Waals surface area contributed by atoms with Crippen LogP contribution in [0.15, 0.2) is 33.7 Å². The van der Waals surface area contributed by atoms with Crippen molar-refractivity contribution in [3.05, 3.63) is 51.9 Å². The number of fused-ring (bicyclic) bond motifs is 1. The van der Waals surface area contributed by atoms with E-state index < -0.39 is 0 Å². The second-order valence-corrected chi connectivity index (χ2v) is 6.22. The molecule has 3 aromatic rings. The van der Waals surface area contributed by atoms with Gasteiger partial charge in [-0.05, 0) is 25.7 Å². The number of aromatic amines is 1. The maximum Gasteiger partial charge on any atom is 0.293 e. The molecule has 1 saturated heterocycles. The van der Waals surface area contributed by atoms with Gasteiger partial charge in [0.2, 0.25) is 5.76 Å². The summed E-state index contributed by atoms with van der Waals surface area (Å²) in [6, 6.07) is 4.69. The van der Waals surface area contributed by atoms with Gasteiger partial charge >= 0.3 is 0 Å². The fraction of sp³-hybridized carbons (Fsp3) is 0.412. The van der Waals surface area contributed by atoms with Crippen LogP contribution in [0.1, 0.15) is 54.2 Å². The average molecular weight is 341 g/mol. The van der Waals surface area contributed by atoms with E-state index in [1.165, 1.54) is 10.6 Å². The molecule has 1 fully saturated rings. The van der Waals surface area contributed by atoms with E-state index in [1.54, 1.807) is 23.2 Å². The first-order valence-corrected chi connectivity index (χ1v) is 8.51. The second-order valence-electron chi connectivity index (χ2n) is 6.22. The number of nitrogens with one attached hydrogen (secondary N) is 1. The summed E-state index contributed by atoms with van der Waals surface area (Å²) in [7, 11) is 0. The summed E-state index contributed by atoms with van der Waals surface area (Å²) >= 11 is 0. The Bertz CT molecular complexity index is 970. The van der Waals surface area contributed by atoms with Crippen molar-refractivity contribution in [2.75, 3.05) is 6.54 Å². The van der Waals surface area contributed by atoms with Crippen LogP contribution in [-0.4, -0.2) is 37.1 Å². The van der Waals surface area contributed by atoms with Crippen LogP contribution in [0.4, 0.5) is 0 Å². The van der Waals surface area contributed by atoms with Gasteiger partial charge < -0.3 is 9.42 Å². The summed E-state index contributed by atoms with van der Waals surface area (Å²) in [5.74, 6) is 0.0381. The number of rotatable bonds is 3. The normalized spacial score (nSPS) is 18.0. The number of aryl methyl sites for hydroxylation is 1. The van der Waals surface area contributed by atoms with Crippen molar-refractivity contribution >= 4 is 11.6 Å². The average Bonchev–Trinajstić information content (AvgIpc) is 3.30. The highest BCUT2D eigenvalue weighted by molar-refractivity contribution is 5.91. The number of likely N-dealkylation sites (tertiary alicyclic amines) is 1. The zero-order valence-electron chi connectivity index (χ0n) is 13.9. The molecule has 1 aliphatic rings. The van der Waals surface area contributed by atoms with Crippen LogP contribution in [0, 0.1) is 0 Å². The number of piperidine rings is 1. The molecule has 1 atom stereocenters. The predicted octanol–water partition coefficient (Wildman–Crippen LogP) is 1.94. The molecule has 0 radical (unpaired) electrons. The zero-order valence-corrected chi connectivity index (χ0v) is 13.9. The summed E-state index contributed by atoms with van der Waals surface area (Å²) in [6.07, 6.45) is 5.05. The Morgan fingerprint density at radius 2 is 2.28 bits per heavy atom. The number of hydrogen-bond acceptors (Lipinski definition) is 5. The lowest BCUT2D eigenvalue weighted by molar-refractivity contribution is 0.0563. The molecule has 130 valence electrons. The van der Waals surface area contributed by atoms with Gasteiger partial charge in [0.15, 0.2) is 5.65 Å². The highest BCUT2D eigenvalue weighted by atomic mass is 16.5. The van der Waals surface area contributed by atoms with Crippen molar-refractivity contribution in [1.29, 1.82) is 0 Å². The lowest BCUT2D eigenvalue weighted by Crippen LogP contribution is -2.39. The lowest BCUT2D eigenvalue weighted by Gasteiger charge is -2.34. The Hall–Kier alpha value is -2.90. The Labute approximate surface area is 143 Å². The molecule has 0 bridgehead atoms. The fourth-order valence-electron chi connectivity index (χ4n) is 3.32. The predicted molar refractivity (Wildman–Crippen MR) is 89.3 cm³/mol. The number of nitrogens with zero attached hydrogens (tertiary/aromatic N) is 4. The van der Waals surface area contributed by atoms with Gasteiger partial charge in [-0.1, -0.05) is 12.1 Å². The van der Waals surface area contributed by atoms with E-state index in [4.69, 9.17) is 4.52 Å². The quantitative estimate of drug-likeness (QED) is 0.785. The van der Waals surface area contributed by atoms with Crippen molar-refractivity contribution in [3.8, 4) is 0 Å². The molecule has 8 nitrogen and oxygen atoms in total. The molecule has 0 aliphatic carbocycles.